The van der Waals surface area contributed by atoms with Crippen LogP contribution in [0.15, 0.2) is 0 Å². The van der Waals surface area contributed by atoms with Gasteiger partial charge in [-0.15, -0.1) is 0 Å². The van der Waals surface area contributed by atoms with Gasteiger partial charge in [-0.05, 0) is 6.42 Å². The van der Waals surface area contributed by atoms with Crippen LogP contribution in [0.2, 0.25) is 0 Å². The lowest BCUT2D eigenvalue weighted by molar-refractivity contribution is 0.143. The highest BCUT2D eigenvalue weighted by atomic mass is 32.1. The van der Waals surface area contributed by atoms with Gasteiger partial charge < -0.3 is 15.0 Å². The number of urea groups is 1. The second-order valence-electron chi connectivity index (χ2n) is 5.68. The zero-order valence-corrected chi connectivity index (χ0v) is 14.3. The predicted molar refractivity (Wildman–Crippen MR) is 84.2 cm³/mol. The van der Waals surface area contributed by atoms with Crippen LogP contribution in [0.3, 0.4) is 0 Å². The summed E-state index contributed by atoms with van der Waals surface area (Å²) < 4.78 is 33.1. The molecule has 2 aromatic rings. The van der Waals surface area contributed by atoms with Crippen molar-refractivity contribution in [3.63, 3.8) is 0 Å². The van der Waals surface area contributed by atoms with E-state index in [0.717, 1.165) is 12.8 Å². The first-order valence-electron chi connectivity index (χ1n) is 7.73. The molecule has 0 radical (unpaired) electrons. The number of aromatic nitrogens is 3. The second-order valence-corrected chi connectivity index (χ2v) is 6.72. The van der Waals surface area contributed by atoms with Crippen molar-refractivity contribution >= 4 is 22.3 Å². The van der Waals surface area contributed by atoms with E-state index in [4.69, 9.17) is 4.74 Å². The van der Waals surface area contributed by atoms with Crippen LogP contribution in [-0.2, 0) is 17.9 Å². The summed E-state index contributed by atoms with van der Waals surface area (Å²) in [6.07, 6.45) is -0.901. The van der Waals surface area contributed by atoms with Gasteiger partial charge >= 0.3 is 6.03 Å². The first kappa shape index (κ1) is 17.0. The van der Waals surface area contributed by atoms with Crippen LogP contribution < -0.4 is 5.32 Å². The molecule has 1 aliphatic rings. The average molecular weight is 359 g/mol. The molecule has 1 saturated heterocycles. The Morgan fingerprint density at radius 2 is 2.29 bits per heavy atom. The summed E-state index contributed by atoms with van der Waals surface area (Å²) in [5.41, 5.74) is -0.0599. The number of fused-ring (bicyclic) bond motifs is 1. The van der Waals surface area contributed by atoms with E-state index < -0.39 is 6.43 Å². The molecule has 3 heterocycles. The number of halogens is 2. The minimum atomic E-state index is -2.71. The molecule has 24 heavy (non-hydrogen) atoms. The number of alkyl halides is 2. The highest BCUT2D eigenvalue weighted by molar-refractivity contribution is 7.16. The van der Waals surface area contributed by atoms with E-state index in [0.29, 0.717) is 23.1 Å². The molecule has 1 atom stereocenters. The molecule has 2 amide bonds. The maximum absolute atomic E-state index is 13.3. The highest BCUT2D eigenvalue weighted by Gasteiger charge is 2.31. The van der Waals surface area contributed by atoms with Crippen molar-refractivity contribution in [2.24, 2.45) is 0 Å². The first-order valence-corrected chi connectivity index (χ1v) is 8.54. The molecular formula is C14H19F2N5O2S. The Morgan fingerprint density at radius 1 is 1.50 bits per heavy atom. The number of carbonyl (C=O) groups is 1. The van der Waals surface area contributed by atoms with E-state index in [1.807, 2.05) is 6.92 Å². The van der Waals surface area contributed by atoms with E-state index >= 15 is 0 Å². The molecule has 3 rings (SSSR count). The van der Waals surface area contributed by atoms with Crippen molar-refractivity contribution in [1.29, 1.82) is 0 Å². The zero-order valence-electron chi connectivity index (χ0n) is 13.5. The summed E-state index contributed by atoms with van der Waals surface area (Å²) in [6.45, 7) is 2.89. The summed E-state index contributed by atoms with van der Waals surface area (Å²) in [4.78, 5) is 18.0. The lowest BCUT2D eigenvalue weighted by Crippen LogP contribution is -2.29. The van der Waals surface area contributed by atoms with Crippen LogP contribution >= 0.6 is 11.3 Å². The number of rotatable bonds is 7. The smallest absolute Gasteiger partial charge is 0.318 e. The molecule has 0 unspecified atom stereocenters. The van der Waals surface area contributed by atoms with Crippen molar-refractivity contribution in [3.8, 4) is 0 Å². The molecule has 1 N–H and O–H groups in total. The summed E-state index contributed by atoms with van der Waals surface area (Å²) in [6, 6.07) is -0.184. The summed E-state index contributed by atoms with van der Waals surface area (Å²) in [5.74, 6) is 0. The van der Waals surface area contributed by atoms with Crippen LogP contribution in [0.5, 0.6) is 0 Å². The van der Waals surface area contributed by atoms with E-state index in [9.17, 15) is 13.6 Å². The van der Waals surface area contributed by atoms with Gasteiger partial charge in [0.05, 0.1) is 18.8 Å². The molecule has 10 heteroatoms. The third-order valence-electron chi connectivity index (χ3n) is 3.88. The Hall–Kier alpha value is -1.81. The third-order valence-corrected chi connectivity index (χ3v) is 4.76. The van der Waals surface area contributed by atoms with E-state index in [1.54, 1.807) is 0 Å². The van der Waals surface area contributed by atoms with Crippen molar-refractivity contribution in [3.05, 3.63) is 16.4 Å². The Bertz CT molecular complexity index is 732. The second kappa shape index (κ2) is 6.98. The number of amides is 2. The van der Waals surface area contributed by atoms with Crippen molar-refractivity contribution in [2.45, 2.75) is 45.4 Å². The van der Waals surface area contributed by atoms with Crippen molar-refractivity contribution < 1.29 is 18.3 Å². The number of carbonyl (C=O) groups excluding carboxylic acids is 1. The number of ether oxygens (including phenoxy) is 1. The van der Waals surface area contributed by atoms with Gasteiger partial charge in [0.1, 0.15) is 10.7 Å². The topological polar surface area (TPSA) is 71.8 Å². The zero-order chi connectivity index (χ0) is 17.3. The lowest BCUT2D eigenvalue weighted by Gasteiger charge is -2.14. The molecule has 0 bridgehead atoms. The maximum Gasteiger partial charge on any atom is 0.318 e. The Kier molecular flexibility index (Phi) is 4.95. The van der Waals surface area contributed by atoms with Gasteiger partial charge in [0.25, 0.3) is 6.43 Å². The van der Waals surface area contributed by atoms with Crippen LogP contribution in [0.25, 0.3) is 4.96 Å². The van der Waals surface area contributed by atoms with Gasteiger partial charge in [-0.2, -0.15) is 5.10 Å². The largest absolute Gasteiger partial charge is 0.377 e. The fraction of sp³-hybridized carbons (Fsp3) is 0.643. The molecular weight excluding hydrogens is 340 g/mol. The minimum absolute atomic E-state index is 0.0559. The number of methoxy groups -OCH3 is 1. The van der Waals surface area contributed by atoms with Gasteiger partial charge in [-0.3, -0.25) is 0 Å². The van der Waals surface area contributed by atoms with Crippen molar-refractivity contribution in [1.82, 2.24) is 24.8 Å². The molecule has 2 aromatic heterocycles. The Morgan fingerprint density at radius 3 is 2.96 bits per heavy atom. The summed E-state index contributed by atoms with van der Waals surface area (Å²) in [7, 11) is 1.54. The number of hydrogen-bond donors (Lipinski definition) is 1. The van der Waals surface area contributed by atoms with Gasteiger partial charge in [-0.25, -0.2) is 23.1 Å². The standard InChI is InChI=1S/C14H19F2N5O2S/c1-3-4-8-5-20(13(22)17-8)6-9-11(12(15)16)18-14-21(9)19-10(24-14)7-23-2/h8,12H,3-7H2,1-2H3,(H,17,22)/t8-/m1/s1. The fourth-order valence-electron chi connectivity index (χ4n) is 2.84. The molecule has 1 fully saturated rings. The van der Waals surface area contributed by atoms with Gasteiger partial charge in [-0.1, -0.05) is 24.7 Å². The number of hydrogen-bond acceptors (Lipinski definition) is 5. The molecule has 0 aromatic carbocycles. The van der Waals surface area contributed by atoms with Crippen molar-refractivity contribution in [2.75, 3.05) is 13.7 Å². The van der Waals surface area contributed by atoms with E-state index in [-0.39, 0.29) is 30.0 Å². The monoisotopic (exact) mass is 359 g/mol. The molecule has 1 aliphatic heterocycles. The van der Waals surface area contributed by atoms with E-state index in [2.05, 4.69) is 15.4 Å². The SMILES string of the molecule is CCC[C@@H]1CN(Cc2c(C(F)F)nc3sc(COC)nn23)C(=O)N1. The third kappa shape index (κ3) is 3.20. The Labute approximate surface area is 141 Å². The molecule has 0 aliphatic carbocycles. The summed E-state index contributed by atoms with van der Waals surface area (Å²) in [5, 5.41) is 7.81. The summed E-state index contributed by atoms with van der Waals surface area (Å²) >= 11 is 1.20. The maximum atomic E-state index is 13.3. The quantitative estimate of drug-likeness (QED) is 0.825. The number of imidazole rings is 1. The first-order chi connectivity index (χ1) is 11.5. The Balaban J connectivity index is 1.89. The lowest BCUT2D eigenvalue weighted by atomic mass is 10.2. The molecule has 0 saturated carbocycles. The van der Waals surface area contributed by atoms with Gasteiger partial charge in [0.2, 0.25) is 4.96 Å². The molecule has 0 spiro atoms. The van der Waals surface area contributed by atoms with Crippen LogP contribution in [-0.4, -0.2) is 45.2 Å². The number of nitrogens with one attached hydrogen (secondary N) is 1. The van der Waals surface area contributed by atoms with Crippen LogP contribution in [0.1, 0.15) is 42.6 Å². The molecule has 7 nitrogen and oxygen atoms in total. The number of nitrogens with zero attached hydrogens (tertiary/aromatic N) is 4. The van der Waals surface area contributed by atoms with Gasteiger partial charge in [0, 0.05) is 19.7 Å². The minimum Gasteiger partial charge on any atom is -0.377 e. The molecule has 132 valence electrons. The van der Waals surface area contributed by atoms with Crippen LogP contribution in [0.4, 0.5) is 13.6 Å². The fourth-order valence-corrected chi connectivity index (χ4v) is 3.73. The van der Waals surface area contributed by atoms with E-state index in [1.165, 1.54) is 27.9 Å². The normalized spacial score (nSPS) is 18.1. The van der Waals surface area contributed by atoms with Crippen LogP contribution in [0, 0.1) is 0 Å². The highest BCUT2D eigenvalue weighted by Crippen LogP contribution is 2.28. The van der Waals surface area contributed by atoms with Gasteiger partial charge in [0.15, 0.2) is 0 Å². The average Bonchev–Trinajstić information content (AvgIpc) is 3.15. The predicted octanol–water partition coefficient (Wildman–Crippen LogP) is 2.57.